The minimum atomic E-state index is 0.726. The Morgan fingerprint density at radius 3 is 2.64 bits per heavy atom. The van der Waals surface area contributed by atoms with Crippen molar-refractivity contribution in [2.45, 2.75) is 13.0 Å². The summed E-state index contributed by atoms with van der Waals surface area (Å²) in [5, 5.41) is 0. The number of ether oxygens (including phenoxy) is 1. The SMILES string of the molecule is NC[C@H]1C[C@H]1COCc1ccccc1. The fourth-order valence-corrected chi connectivity index (χ4v) is 1.71. The summed E-state index contributed by atoms with van der Waals surface area (Å²) in [5.41, 5.74) is 6.80. The zero-order valence-corrected chi connectivity index (χ0v) is 8.36. The molecule has 0 saturated heterocycles. The molecule has 0 aliphatic heterocycles. The van der Waals surface area contributed by atoms with Crippen LogP contribution in [0.15, 0.2) is 30.3 Å². The van der Waals surface area contributed by atoms with Crippen LogP contribution in [0.4, 0.5) is 0 Å². The zero-order valence-electron chi connectivity index (χ0n) is 8.36. The number of hydrogen-bond acceptors (Lipinski definition) is 2. The van der Waals surface area contributed by atoms with Gasteiger partial charge in [-0.2, -0.15) is 0 Å². The minimum Gasteiger partial charge on any atom is -0.376 e. The molecule has 1 aliphatic carbocycles. The molecule has 1 aromatic rings. The lowest BCUT2D eigenvalue weighted by Crippen LogP contribution is -2.05. The summed E-state index contributed by atoms with van der Waals surface area (Å²) in [7, 11) is 0. The van der Waals surface area contributed by atoms with Gasteiger partial charge in [0.15, 0.2) is 0 Å². The van der Waals surface area contributed by atoms with Crippen molar-refractivity contribution in [1.29, 1.82) is 0 Å². The van der Waals surface area contributed by atoms with Crippen LogP contribution < -0.4 is 5.73 Å². The van der Waals surface area contributed by atoms with Crippen molar-refractivity contribution in [3.8, 4) is 0 Å². The summed E-state index contributed by atoms with van der Waals surface area (Å²) < 4.78 is 5.62. The van der Waals surface area contributed by atoms with E-state index in [2.05, 4.69) is 12.1 Å². The Balaban J connectivity index is 1.64. The Kier molecular flexibility index (Phi) is 3.17. The number of rotatable bonds is 5. The molecule has 1 aromatic carbocycles. The van der Waals surface area contributed by atoms with Crippen LogP contribution in [0.3, 0.4) is 0 Å². The molecule has 0 amide bonds. The molecule has 2 atom stereocenters. The van der Waals surface area contributed by atoms with Crippen molar-refractivity contribution in [3.63, 3.8) is 0 Å². The van der Waals surface area contributed by atoms with E-state index in [9.17, 15) is 0 Å². The van der Waals surface area contributed by atoms with Gasteiger partial charge < -0.3 is 10.5 Å². The van der Waals surface area contributed by atoms with Crippen molar-refractivity contribution in [1.82, 2.24) is 0 Å². The van der Waals surface area contributed by atoms with Gasteiger partial charge >= 0.3 is 0 Å². The standard InChI is InChI=1S/C12H17NO/c13-7-11-6-12(11)9-14-8-10-4-2-1-3-5-10/h1-5,11-12H,6-9,13H2/t11-,12+/m1/s1. The van der Waals surface area contributed by atoms with E-state index in [0.29, 0.717) is 0 Å². The third-order valence-electron chi connectivity index (χ3n) is 2.82. The topological polar surface area (TPSA) is 35.2 Å². The molecular weight excluding hydrogens is 174 g/mol. The first-order valence-electron chi connectivity index (χ1n) is 5.22. The second-order valence-corrected chi connectivity index (χ2v) is 3.99. The highest BCUT2D eigenvalue weighted by Crippen LogP contribution is 2.37. The van der Waals surface area contributed by atoms with Gasteiger partial charge in [-0.15, -0.1) is 0 Å². The average molecular weight is 191 g/mol. The highest BCUT2D eigenvalue weighted by molar-refractivity contribution is 5.13. The largest absolute Gasteiger partial charge is 0.376 e. The van der Waals surface area contributed by atoms with Gasteiger partial charge in [-0.3, -0.25) is 0 Å². The molecule has 2 nitrogen and oxygen atoms in total. The van der Waals surface area contributed by atoms with Crippen LogP contribution >= 0.6 is 0 Å². The summed E-state index contributed by atoms with van der Waals surface area (Å²) in [6, 6.07) is 10.3. The quantitative estimate of drug-likeness (QED) is 0.770. The van der Waals surface area contributed by atoms with Crippen LogP contribution in [0.5, 0.6) is 0 Å². The first-order valence-corrected chi connectivity index (χ1v) is 5.22. The first kappa shape index (κ1) is 9.69. The normalized spacial score (nSPS) is 24.9. The number of benzene rings is 1. The maximum atomic E-state index is 5.62. The lowest BCUT2D eigenvalue weighted by atomic mass is 10.2. The summed E-state index contributed by atoms with van der Waals surface area (Å²) in [5.74, 6) is 1.45. The highest BCUT2D eigenvalue weighted by Gasteiger charge is 2.35. The van der Waals surface area contributed by atoms with Gasteiger partial charge in [-0.25, -0.2) is 0 Å². The molecule has 2 rings (SSSR count). The Morgan fingerprint density at radius 1 is 1.21 bits per heavy atom. The molecule has 0 unspecified atom stereocenters. The molecule has 2 N–H and O–H groups in total. The molecule has 1 aliphatic rings. The van der Waals surface area contributed by atoms with E-state index < -0.39 is 0 Å². The summed E-state index contributed by atoms with van der Waals surface area (Å²) >= 11 is 0. The maximum Gasteiger partial charge on any atom is 0.0717 e. The summed E-state index contributed by atoms with van der Waals surface area (Å²) in [6.45, 7) is 2.42. The van der Waals surface area contributed by atoms with Gasteiger partial charge in [0, 0.05) is 0 Å². The van der Waals surface area contributed by atoms with Crippen molar-refractivity contribution in [2.24, 2.45) is 17.6 Å². The van der Waals surface area contributed by atoms with Crippen LogP contribution in [0, 0.1) is 11.8 Å². The Morgan fingerprint density at radius 2 is 2.00 bits per heavy atom. The van der Waals surface area contributed by atoms with Crippen LogP contribution in [0.1, 0.15) is 12.0 Å². The Labute approximate surface area is 85.1 Å². The van der Waals surface area contributed by atoms with Crippen molar-refractivity contribution in [2.75, 3.05) is 13.2 Å². The van der Waals surface area contributed by atoms with Gasteiger partial charge in [0.25, 0.3) is 0 Å². The smallest absolute Gasteiger partial charge is 0.0717 e. The van der Waals surface area contributed by atoms with E-state index in [4.69, 9.17) is 10.5 Å². The second-order valence-electron chi connectivity index (χ2n) is 3.99. The Bertz CT molecular complexity index is 273. The molecule has 1 fully saturated rings. The van der Waals surface area contributed by atoms with E-state index in [1.54, 1.807) is 0 Å². The third-order valence-corrected chi connectivity index (χ3v) is 2.82. The fourth-order valence-electron chi connectivity index (χ4n) is 1.71. The van der Waals surface area contributed by atoms with Crippen LogP contribution in [-0.4, -0.2) is 13.2 Å². The van der Waals surface area contributed by atoms with E-state index in [1.807, 2.05) is 18.2 Å². The zero-order chi connectivity index (χ0) is 9.80. The predicted molar refractivity (Wildman–Crippen MR) is 56.7 cm³/mol. The molecule has 2 heteroatoms. The third kappa shape index (κ3) is 2.56. The number of nitrogens with two attached hydrogens (primary N) is 1. The van der Waals surface area contributed by atoms with Crippen molar-refractivity contribution >= 4 is 0 Å². The number of hydrogen-bond donors (Lipinski definition) is 1. The molecular formula is C12H17NO. The average Bonchev–Trinajstić information content (AvgIpc) is 2.98. The Hall–Kier alpha value is -0.860. The van der Waals surface area contributed by atoms with E-state index >= 15 is 0 Å². The highest BCUT2D eigenvalue weighted by atomic mass is 16.5. The van der Waals surface area contributed by atoms with Crippen LogP contribution in [-0.2, 0) is 11.3 Å². The van der Waals surface area contributed by atoms with Crippen LogP contribution in [0.25, 0.3) is 0 Å². The lowest BCUT2D eigenvalue weighted by Gasteiger charge is -2.03. The molecule has 0 spiro atoms. The molecule has 76 valence electrons. The van der Waals surface area contributed by atoms with E-state index in [1.165, 1.54) is 12.0 Å². The fraction of sp³-hybridized carbons (Fsp3) is 0.500. The second kappa shape index (κ2) is 4.58. The minimum absolute atomic E-state index is 0.726. The molecule has 0 aromatic heterocycles. The lowest BCUT2D eigenvalue weighted by molar-refractivity contribution is 0.108. The molecule has 14 heavy (non-hydrogen) atoms. The van der Waals surface area contributed by atoms with Gasteiger partial charge in [-0.05, 0) is 30.4 Å². The first-order chi connectivity index (χ1) is 6.90. The van der Waals surface area contributed by atoms with Gasteiger partial charge in [0.05, 0.1) is 13.2 Å². The molecule has 0 bridgehead atoms. The van der Waals surface area contributed by atoms with E-state index in [-0.39, 0.29) is 0 Å². The maximum absolute atomic E-state index is 5.62. The summed E-state index contributed by atoms with van der Waals surface area (Å²) in [6.07, 6.45) is 1.26. The molecule has 1 saturated carbocycles. The molecule has 0 heterocycles. The van der Waals surface area contributed by atoms with Crippen molar-refractivity contribution < 1.29 is 4.74 Å². The van der Waals surface area contributed by atoms with Crippen LogP contribution in [0.2, 0.25) is 0 Å². The monoisotopic (exact) mass is 191 g/mol. The predicted octanol–water partition coefficient (Wildman–Crippen LogP) is 1.80. The van der Waals surface area contributed by atoms with Gasteiger partial charge in [0.2, 0.25) is 0 Å². The van der Waals surface area contributed by atoms with Gasteiger partial charge in [0.1, 0.15) is 0 Å². The molecule has 0 radical (unpaired) electrons. The van der Waals surface area contributed by atoms with E-state index in [0.717, 1.165) is 31.6 Å². The summed E-state index contributed by atoms with van der Waals surface area (Å²) in [4.78, 5) is 0. The van der Waals surface area contributed by atoms with Gasteiger partial charge in [-0.1, -0.05) is 30.3 Å². The van der Waals surface area contributed by atoms with Crippen molar-refractivity contribution in [3.05, 3.63) is 35.9 Å².